The van der Waals surface area contributed by atoms with Gasteiger partial charge in [0.15, 0.2) is 0 Å². The molecule has 1 N–H and O–H groups in total. The molecule has 1 atom stereocenters. The number of nitrogens with zero attached hydrogens (tertiary/aromatic N) is 3. The summed E-state index contributed by atoms with van der Waals surface area (Å²) >= 11 is 7.39. The van der Waals surface area contributed by atoms with Gasteiger partial charge >= 0.3 is 0 Å². The Bertz CT molecular complexity index is 608. The first kappa shape index (κ1) is 16.2. The predicted octanol–water partition coefficient (Wildman–Crippen LogP) is 2.40. The van der Waals surface area contributed by atoms with Gasteiger partial charge in [0.05, 0.1) is 12.2 Å². The summed E-state index contributed by atoms with van der Waals surface area (Å²) in [5, 5.41) is 7.72. The molecule has 1 aromatic carbocycles. The van der Waals surface area contributed by atoms with Crippen molar-refractivity contribution in [2.45, 2.75) is 6.04 Å². The van der Waals surface area contributed by atoms with Crippen LogP contribution in [0.25, 0.3) is 0 Å². The predicted molar refractivity (Wildman–Crippen MR) is 85.3 cm³/mol. The highest BCUT2D eigenvalue weighted by atomic mass is 35.5. The fourth-order valence-electron chi connectivity index (χ4n) is 2.37. The first-order chi connectivity index (χ1) is 9.77. The molecule has 1 fully saturated rings. The molecule has 2 aromatic rings. The van der Waals surface area contributed by atoms with Gasteiger partial charge in [-0.05, 0) is 23.2 Å². The highest BCUT2D eigenvalue weighted by Crippen LogP contribution is 2.29. The van der Waals surface area contributed by atoms with Gasteiger partial charge < -0.3 is 10.2 Å². The Morgan fingerprint density at radius 3 is 2.95 bits per heavy atom. The third-order valence-electron chi connectivity index (χ3n) is 3.34. The van der Waals surface area contributed by atoms with E-state index in [4.69, 9.17) is 11.6 Å². The molecule has 0 spiro atoms. The number of hydrogen-bond donors (Lipinski definition) is 1. The van der Waals surface area contributed by atoms with Crippen molar-refractivity contribution < 1.29 is 4.79 Å². The van der Waals surface area contributed by atoms with Gasteiger partial charge in [-0.1, -0.05) is 34.3 Å². The van der Waals surface area contributed by atoms with Crippen LogP contribution in [-0.4, -0.2) is 40.0 Å². The highest BCUT2D eigenvalue weighted by molar-refractivity contribution is 7.07. The average molecular weight is 345 g/mol. The summed E-state index contributed by atoms with van der Waals surface area (Å²) in [6.45, 7) is 2.12. The summed E-state index contributed by atoms with van der Waals surface area (Å²) in [6.07, 6.45) is 1.51. The minimum Gasteiger partial charge on any atom is -0.328 e. The van der Waals surface area contributed by atoms with Crippen LogP contribution in [0.3, 0.4) is 0 Å². The maximum absolute atomic E-state index is 12.5. The van der Waals surface area contributed by atoms with Gasteiger partial charge in [-0.2, -0.15) is 0 Å². The van der Waals surface area contributed by atoms with E-state index in [1.54, 1.807) is 0 Å². The average Bonchev–Trinajstić information content (AvgIpc) is 3.01. The molecule has 1 aromatic heterocycles. The summed E-state index contributed by atoms with van der Waals surface area (Å²) in [5.74, 6) is -0.0357. The van der Waals surface area contributed by atoms with E-state index in [1.807, 2.05) is 29.2 Å². The Balaban J connectivity index is 0.00000161. The summed E-state index contributed by atoms with van der Waals surface area (Å²) in [4.78, 5) is 14.9. The molecule has 5 nitrogen and oxygen atoms in total. The molecule has 2 heterocycles. The molecule has 0 saturated carbocycles. The van der Waals surface area contributed by atoms with Crippen LogP contribution in [0.1, 0.15) is 21.3 Å². The normalized spacial score (nSPS) is 18.1. The van der Waals surface area contributed by atoms with E-state index in [-0.39, 0.29) is 24.4 Å². The minimum atomic E-state index is -0.0629. The zero-order chi connectivity index (χ0) is 13.9. The second kappa shape index (κ2) is 7.17. The van der Waals surface area contributed by atoms with Gasteiger partial charge in [-0.15, -0.1) is 17.5 Å². The van der Waals surface area contributed by atoms with Crippen molar-refractivity contribution in [3.05, 3.63) is 45.9 Å². The maximum Gasteiger partial charge on any atom is 0.267 e. The summed E-state index contributed by atoms with van der Waals surface area (Å²) in [6, 6.07) is 7.58. The third-order valence-corrected chi connectivity index (χ3v) is 4.34. The fourth-order valence-corrected chi connectivity index (χ4v) is 3.11. The van der Waals surface area contributed by atoms with Crippen LogP contribution >= 0.6 is 35.5 Å². The molecule has 1 aliphatic heterocycles. The van der Waals surface area contributed by atoms with Crippen molar-refractivity contribution in [1.29, 1.82) is 0 Å². The van der Waals surface area contributed by atoms with Gasteiger partial charge in [0.25, 0.3) is 5.91 Å². The van der Waals surface area contributed by atoms with Crippen LogP contribution in [0.2, 0.25) is 5.02 Å². The first-order valence-corrected chi connectivity index (χ1v) is 7.46. The zero-order valence-corrected chi connectivity index (χ0v) is 13.4. The number of benzene rings is 1. The number of halogens is 2. The Kier molecular flexibility index (Phi) is 5.52. The lowest BCUT2D eigenvalue weighted by Crippen LogP contribution is -2.48. The Hall–Kier alpha value is -1.21. The van der Waals surface area contributed by atoms with Gasteiger partial charge in [0.1, 0.15) is 4.88 Å². The van der Waals surface area contributed by atoms with Gasteiger partial charge in [0, 0.05) is 24.7 Å². The summed E-state index contributed by atoms with van der Waals surface area (Å²) in [7, 11) is 0. The molecule has 0 bridgehead atoms. The molecular formula is C13H14Cl2N4OS. The Morgan fingerprint density at radius 2 is 2.24 bits per heavy atom. The number of carbonyl (C=O) groups excluding carboxylic acids is 1. The standard InChI is InChI=1S/C13H13ClN4OS.ClH/c14-10-4-2-1-3-9(10)11-7-15-5-6-18(11)13(19)12-8-16-17-20-12;/h1-4,8,11,15H,5-7H2;1H. The van der Waals surface area contributed by atoms with E-state index in [0.29, 0.717) is 23.0 Å². The molecule has 0 radical (unpaired) electrons. The quantitative estimate of drug-likeness (QED) is 0.908. The Morgan fingerprint density at radius 1 is 1.43 bits per heavy atom. The first-order valence-electron chi connectivity index (χ1n) is 6.31. The van der Waals surface area contributed by atoms with Gasteiger partial charge in [-0.3, -0.25) is 4.79 Å². The minimum absolute atomic E-state index is 0. The van der Waals surface area contributed by atoms with Crippen LogP contribution in [0.5, 0.6) is 0 Å². The number of hydrogen-bond acceptors (Lipinski definition) is 5. The number of rotatable bonds is 2. The summed E-state index contributed by atoms with van der Waals surface area (Å²) in [5.41, 5.74) is 0.965. The molecule has 0 aliphatic carbocycles. The second-order valence-electron chi connectivity index (χ2n) is 4.52. The van der Waals surface area contributed by atoms with E-state index in [9.17, 15) is 4.79 Å². The molecule has 112 valence electrons. The van der Waals surface area contributed by atoms with Crippen molar-refractivity contribution in [3.63, 3.8) is 0 Å². The van der Waals surface area contributed by atoms with Crippen molar-refractivity contribution in [3.8, 4) is 0 Å². The molecule has 3 rings (SSSR count). The second-order valence-corrected chi connectivity index (χ2v) is 5.71. The van der Waals surface area contributed by atoms with Crippen molar-refractivity contribution in [2.75, 3.05) is 19.6 Å². The number of nitrogens with one attached hydrogen (secondary N) is 1. The van der Waals surface area contributed by atoms with E-state index >= 15 is 0 Å². The molecule has 8 heteroatoms. The lowest BCUT2D eigenvalue weighted by Gasteiger charge is -2.36. The van der Waals surface area contributed by atoms with Crippen molar-refractivity contribution in [1.82, 2.24) is 19.8 Å². The van der Waals surface area contributed by atoms with Crippen LogP contribution in [0.4, 0.5) is 0 Å². The zero-order valence-electron chi connectivity index (χ0n) is 11.0. The van der Waals surface area contributed by atoms with Crippen LogP contribution in [0, 0.1) is 0 Å². The van der Waals surface area contributed by atoms with E-state index in [0.717, 1.165) is 23.6 Å². The number of amides is 1. The van der Waals surface area contributed by atoms with E-state index in [2.05, 4.69) is 14.9 Å². The highest BCUT2D eigenvalue weighted by Gasteiger charge is 2.30. The van der Waals surface area contributed by atoms with Gasteiger partial charge in [-0.25, -0.2) is 0 Å². The molecule has 1 amide bonds. The van der Waals surface area contributed by atoms with Crippen LogP contribution < -0.4 is 5.32 Å². The SMILES string of the molecule is Cl.O=C(c1cnns1)N1CCNCC1c1ccccc1Cl. The topological polar surface area (TPSA) is 58.1 Å². The van der Waals surface area contributed by atoms with Crippen molar-refractivity contribution >= 4 is 41.4 Å². The maximum atomic E-state index is 12.5. The van der Waals surface area contributed by atoms with Gasteiger partial charge in [0.2, 0.25) is 0 Å². The largest absolute Gasteiger partial charge is 0.328 e. The lowest BCUT2D eigenvalue weighted by atomic mass is 10.0. The molecule has 1 aliphatic rings. The monoisotopic (exact) mass is 344 g/mol. The summed E-state index contributed by atoms with van der Waals surface area (Å²) < 4.78 is 3.76. The lowest BCUT2D eigenvalue weighted by molar-refractivity contribution is 0.0639. The van der Waals surface area contributed by atoms with Crippen molar-refractivity contribution in [2.24, 2.45) is 0 Å². The fraction of sp³-hybridized carbons (Fsp3) is 0.308. The number of piperazine rings is 1. The van der Waals surface area contributed by atoms with E-state index < -0.39 is 0 Å². The molecule has 1 saturated heterocycles. The Labute approximate surface area is 137 Å². The molecular weight excluding hydrogens is 331 g/mol. The van der Waals surface area contributed by atoms with Crippen LogP contribution in [-0.2, 0) is 0 Å². The van der Waals surface area contributed by atoms with Crippen LogP contribution in [0.15, 0.2) is 30.5 Å². The third kappa shape index (κ3) is 3.35. The van der Waals surface area contributed by atoms with E-state index in [1.165, 1.54) is 6.20 Å². The smallest absolute Gasteiger partial charge is 0.267 e. The number of aromatic nitrogens is 2. The number of carbonyl (C=O) groups is 1. The molecule has 21 heavy (non-hydrogen) atoms. The molecule has 1 unspecified atom stereocenters.